The van der Waals surface area contributed by atoms with Crippen LogP contribution in [0.25, 0.3) is 6.08 Å². The van der Waals surface area contributed by atoms with Crippen LogP contribution in [-0.2, 0) is 15.7 Å². The summed E-state index contributed by atoms with van der Waals surface area (Å²) < 4.78 is 48.0. The molecule has 0 amide bonds. The molecule has 0 spiro atoms. The first kappa shape index (κ1) is 18.6. The molecular weight excluding hydrogens is 305 g/mol. The summed E-state index contributed by atoms with van der Waals surface area (Å²) in [6, 6.07) is 4.86. The van der Waals surface area contributed by atoms with E-state index in [1.807, 2.05) is 6.92 Å². The van der Waals surface area contributed by atoms with E-state index in [2.05, 4.69) is 6.58 Å². The highest BCUT2D eigenvalue weighted by Gasteiger charge is 2.29. The number of methoxy groups -OCH3 is 2. The van der Waals surface area contributed by atoms with E-state index in [1.165, 1.54) is 26.4 Å². The summed E-state index contributed by atoms with van der Waals surface area (Å²) in [6.45, 7) is 5.73. The van der Waals surface area contributed by atoms with E-state index in [0.29, 0.717) is 22.7 Å². The Hall–Kier alpha value is -2.43. The molecule has 0 heterocycles. The van der Waals surface area contributed by atoms with Gasteiger partial charge in [0.15, 0.2) is 11.5 Å². The molecule has 1 rings (SSSR count). The van der Waals surface area contributed by atoms with Crippen molar-refractivity contribution < 1.29 is 22.6 Å². The van der Waals surface area contributed by atoms with Gasteiger partial charge in [-0.2, -0.15) is 13.2 Å². The quantitative estimate of drug-likeness (QED) is 0.518. The van der Waals surface area contributed by atoms with E-state index >= 15 is 0 Å². The number of rotatable bonds is 6. The van der Waals surface area contributed by atoms with Crippen molar-refractivity contribution in [1.82, 2.24) is 0 Å². The molecule has 23 heavy (non-hydrogen) atoms. The van der Waals surface area contributed by atoms with Crippen molar-refractivity contribution in [2.45, 2.75) is 13.1 Å². The molecule has 0 saturated heterocycles. The van der Waals surface area contributed by atoms with Gasteiger partial charge >= 0.3 is 6.18 Å². The molecule has 0 N–H and O–H groups in total. The zero-order valence-electron chi connectivity index (χ0n) is 13.3. The van der Waals surface area contributed by atoms with Crippen LogP contribution in [0.4, 0.5) is 13.2 Å². The van der Waals surface area contributed by atoms with Gasteiger partial charge in [0.2, 0.25) is 0 Å². The highest BCUT2D eigenvalue weighted by molar-refractivity contribution is 5.56. The molecule has 124 valence electrons. The molecule has 0 fully saturated rings. The predicted molar refractivity (Wildman–Crippen MR) is 85.5 cm³/mol. The third-order valence-electron chi connectivity index (χ3n) is 2.97. The molecule has 0 aliphatic carbocycles. The first-order chi connectivity index (χ1) is 10.8. The molecule has 0 radical (unpaired) electrons. The van der Waals surface area contributed by atoms with Crippen LogP contribution in [0.15, 0.2) is 66.2 Å². The van der Waals surface area contributed by atoms with Gasteiger partial charge in [0, 0.05) is 5.57 Å². The summed E-state index contributed by atoms with van der Waals surface area (Å²) in [4.78, 5) is 0. The van der Waals surface area contributed by atoms with Crippen molar-refractivity contribution in [3.63, 3.8) is 0 Å². The maximum Gasteiger partial charge on any atom is 0.416 e. The number of hydrogen-bond donors (Lipinski definition) is 0. The van der Waals surface area contributed by atoms with Crippen molar-refractivity contribution in [3.8, 4) is 0 Å². The number of halogens is 3. The molecule has 0 aliphatic rings. The van der Waals surface area contributed by atoms with Crippen LogP contribution in [0.3, 0.4) is 0 Å². The van der Waals surface area contributed by atoms with E-state index < -0.39 is 11.7 Å². The van der Waals surface area contributed by atoms with Gasteiger partial charge in [-0.05, 0) is 30.7 Å². The Morgan fingerprint density at radius 3 is 2.09 bits per heavy atom. The zero-order chi connectivity index (χ0) is 17.5. The smallest absolute Gasteiger partial charge is 0.416 e. The lowest BCUT2D eigenvalue weighted by Gasteiger charge is -2.10. The van der Waals surface area contributed by atoms with Gasteiger partial charge in [0.05, 0.1) is 19.8 Å². The molecule has 1 aromatic rings. The van der Waals surface area contributed by atoms with Crippen LogP contribution < -0.4 is 0 Å². The number of benzene rings is 1. The molecule has 1 aromatic carbocycles. The number of allylic oxidation sites excluding steroid dienone is 3. The second-order valence-corrected chi connectivity index (χ2v) is 4.58. The SMILES string of the molecule is C=C(/C=C/c1ccc(C(F)(F)F)cc1)/C(OC)=C(\C=C/C)OC. The predicted octanol–water partition coefficient (Wildman–Crippen LogP) is 5.36. The monoisotopic (exact) mass is 324 g/mol. The molecule has 2 nitrogen and oxygen atoms in total. The van der Waals surface area contributed by atoms with Crippen molar-refractivity contribution in [3.05, 3.63) is 77.3 Å². The second-order valence-electron chi connectivity index (χ2n) is 4.58. The van der Waals surface area contributed by atoms with Gasteiger partial charge < -0.3 is 9.47 Å². The Kier molecular flexibility index (Phi) is 6.69. The van der Waals surface area contributed by atoms with Crippen molar-refractivity contribution in [1.29, 1.82) is 0 Å². The molecule has 0 aromatic heterocycles. The fourth-order valence-electron chi connectivity index (χ4n) is 1.83. The van der Waals surface area contributed by atoms with Gasteiger partial charge in [0.25, 0.3) is 0 Å². The molecule has 0 saturated carbocycles. The lowest BCUT2D eigenvalue weighted by Crippen LogP contribution is -2.03. The number of ether oxygens (including phenoxy) is 2. The summed E-state index contributed by atoms with van der Waals surface area (Å²) in [6.07, 6.45) is 2.51. The number of alkyl halides is 3. The Labute approximate surface area is 134 Å². The third-order valence-corrected chi connectivity index (χ3v) is 2.97. The first-order valence-electron chi connectivity index (χ1n) is 6.83. The van der Waals surface area contributed by atoms with Gasteiger partial charge in [-0.3, -0.25) is 0 Å². The third kappa shape index (κ3) is 5.36. The molecule has 5 heteroatoms. The van der Waals surface area contributed by atoms with Crippen LogP contribution in [0, 0.1) is 0 Å². The standard InChI is InChI=1S/C18H19F3O2/c1-5-6-16(22-3)17(23-4)13(2)7-8-14-9-11-15(12-10-14)18(19,20)21/h5-12H,2H2,1,3-4H3/b6-5-,8-7+,17-16-. The normalized spacial score (nSPS) is 13.3. The van der Waals surface area contributed by atoms with Crippen molar-refractivity contribution >= 4 is 6.08 Å². The highest BCUT2D eigenvalue weighted by atomic mass is 19.4. The van der Waals surface area contributed by atoms with Crippen molar-refractivity contribution in [2.24, 2.45) is 0 Å². The van der Waals surface area contributed by atoms with Gasteiger partial charge in [0.1, 0.15) is 0 Å². The molecular formula is C18H19F3O2. The Morgan fingerprint density at radius 2 is 1.65 bits per heavy atom. The Balaban J connectivity index is 2.97. The second kappa shape index (κ2) is 8.27. The van der Waals surface area contributed by atoms with Crippen LogP contribution >= 0.6 is 0 Å². The Bertz CT molecular complexity index is 621. The topological polar surface area (TPSA) is 18.5 Å². The van der Waals surface area contributed by atoms with Gasteiger partial charge in [-0.1, -0.05) is 36.9 Å². The first-order valence-corrected chi connectivity index (χ1v) is 6.83. The minimum absolute atomic E-state index is 0.453. The minimum atomic E-state index is -4.34. The van der Waals surface area contributed by atoms with E-state index in [9.17, 15) is 13.2 Å². The zero-order valence-corrected chi connectivity index (χ0v) is 13.3. The minimum Gasteiger partial charge on any atom is -0.493 e. The summed E-state index contributed by atoms with van der Waals surface area (Å²) in [5.41, 5.74) is 0.489. The van der Waals surface area contributed by atoms with Crippen LogP contribution in [0.5, 0.6) is 0 Å². The Morgan fingerprint density at radius 1 is 1.04 bits per heavy atom. The summed E-state index contributed by atoms with van der Waals surface area (Å²) in [7, 11) is 3.01. The largest absolute Gasteiger partial charge is 0.493 e. The summed E-state index contributed by atoms with van der Waals surface area (Å²) >= 11 is 0. The van der Waals surface area contributed by atoms with Crippen LogP contribution in [0.2, 0.25) is 0 Å². The molecule has 0 bridgehead atoms. The lowest BCUT2D eigenvalue weighted by atomic mass is 10.1. The van der Waals surface area contributed by atoms with Gasteiger partial charge in [-0.15, -0.1) is 0 Å². The average molecular weight is 324 g/mol. The molecule has 0 atom stereocenters. The van der Waals surface area contributed by atoms with E-state index in [0.717, 1.165) is 12.1 Å². The molecule has 0 unspecified atom stereocenters. The fourth-order valence-corrected chi connectivity index (χ4v) is 1.83. The van der Waals surface area contributed by atoms with Crippen LogP contribution in [-0.4, -0.2) is 14.2 Å². The highest BCUT2D eigenvalue weighted by Crippen LogP contribution is 2.29. The van der Waals surface area contributed by atoms with E-state index in [1.54, 1.807) is 24.3 Å². The maximum atomic E-state index is 12.5. The van der Waals surface area contributed by atoms with Crippen molar-refractivity contribution in [2.75, 3.05) is 14.2 Å². The summed E-state index contributed by atoms with van der Waals surface area (Å²) in [5.74, 6) is 0.964. The maximum absolute atomic E-state index is 12.5. The van der Waals surface area contributed by atoms with Crippen LogP contribution in [0.1, 0.15) is 18.1 Å². The fraction of sp³-hybridized carbons (Fsp3) is 0.222. The van der Waals surface area contributed by atoms with E-state index in [-0.39, 0.29) is 0 Å². The number of hydrogen-bond acceptors (Lipinski definition) is 2. The lowest BCUT2D eigenvalue weighted by molar-refractivity contribution is -0.137. The van der Waals surface area contributed by atoms with E-state index in [4.69, 9.17) is 9.47 Å². The summed E-state index contributed by atoms with van der Waals surface area (Å²) in [5, 5.41) is 0. The average Bonchev–Trinajstić information content (AvgIpc) is 2.52. The molecule has 0 aliphatic heterocycles. The van der Waals surface area contributed by atoms with Gasteiger partial charge in [-0.25, -0.2) is 0 Å².